The average Bonchev–Trinajstić information content (AvgIpc) is 2.79. The van der Waals surface area contributed by atoms with Crippen LogP contribution >= 0.6 is 11.6 Å². The third-order valence-corrected chi connectivity index (χ3v) is 6.41. The molecule has 0 unspecified atom stereocenters. The number of piperidine rings is 1. The van der Waals surface area contributed by atoms with Crippen LogP contribution in [0.15, 0.2) is 53.3 Å². The van der Waals surface area contributed by atoms with Crippen molar-refractivity contribution < 1.29 is 4.79 Å². The molecule has 162 valence electrons. The van der Waals surface area contributed by atoms with Crippen LogP contribution in [0.25, 0.3) is 10.8 Å². The van der Waals surface area contributed by atoms with Crippen molar-refractivity contribution in [3.05, 3.63) is 75.0 Å². The van der Waals surface area contributed by atoms with Crippen molar-refractivity contribution in [3.8, 4) is 0 Å². The fraction of sp³-hybridized carbons (Fsp3) is 0.333. The second kappa shape index (κ2) is 9.54. The van der Waals surface area contributed by atoms with Gasteiger partial charge in [-0.15, -0.1) is 0 Å². The zero-order valence-electron chi connectivity index (χ0n) is 17.4. The van der Waals surface area contributed by atoms with Crippen molar-refractivity contribution in [2.45, 2.75) is 19.3 Å². The minimum Gasteiger partial charge on any atom is -0.384 e. The van der Waals surface area contributed by atoms with E-state index >= 15 is 0 Å². The predicted molar refractivity (Wildman–Crippen MR) is 126 cm³/mol. The maximum Gasteiger partial charge on any atom is 0.262 e. The number of hydrogen-bond acceptors (Lipinski definition) is 4. The normalized spacial score (nSPS) is 15.3. The first-order valence-corrected chi connectivity index (χ1v) is 11.0. The van der Waals surface area contributed by atoms with Crippen molar-refractivity contribution in [1.82, 2.24) is 15.2 Å². The molecule has 2 heterocycles. The summed E-state index contributed by atoms with van der Waals surface area (Å²) < 4.78 is 0. The second-order valence-corrected chi connectivity index (χ2v) is 8.56. The number of hydrogen-bond donors (Lipinski definition) is 3. The molecule has 3 aromatic rings. The van der Waals surface area contributed by atoms with E-state index in [1.165, 1.54) is 22.4 Å². The molecule has 0 saturated carbocycles. The number of nitrogens with two attached hydrogens (primary N) is 1. The molecular weight excluding hydrogens is 412 g/mol. The summed E-state index contributed by atoms with van der Waals surface area (Å²) >= 11 is 5.92. The third-order valence-electron chi connectivity index (χ3n) is 6.10. The number of rotatable bonds is 6. The number of nitrogens with one attached hydrogen (secondary N) is 2. The van der Waals surface area contributed by atoms with E-state index < -0.39 is 11.5 Å². The molecule has 7 heteroatoms. The summed E-state index contributed by atoms with van der Waals surface area (Å²) in [4.78, 5) is 29.2. The minimum absolute atomic E-state index is 0.00766. The quantitative estimate of drug-likeness (QED) is 0.549. The number of fused-ring (bicyclic) bond motifs is 1. The Morgan fingerprint density at radius 2 is 1.90 bits per heavy atom. The molecule has 1 amide bonds. The average molecular weight is 439 g/mol. The lowest BCUT2D eigenvalue weighted by Gasteiger charge is -2.32. The lowest BCUT2D eigenvalue weighted by molar-refractivity contribution is 0.0935. The lowest BCUT2D eigenvalue weighted by Crippen LogP contribution is -2.40. The monoisotopic (exact) mass is 438 g/mol. The molecule has 4 rings (SSSR count). The molecule has 0 atom stereocenters. The maximum absolute atomic E-state index is 12.4. The second-order valence-electron chi connectivity index (χ2n) is 8.16. The highest BCUT2D eigenvalue weighted by atomic mass is 35.5. The van der Waals surface area contributed by atoms with E-state index in [9.17, 15) is 9.59 Å². The van der Waals surface area contributed by atoms with Crippen LogP contribution in [0.5, 0.6) is 0 Å². The third kappa shape index (κ3) is 5.09. The van der Waals surface area contributed by atoms with E-state index in [0.29, 0.717) is 12.5 Å². The van der Waals surface area contributed by atoms with E-state index in [1.54, 1.807) is 0 Å². The highest BCUT2D eigenvalue weighted by Gasteiger charge is 2.21. The first kappa shape index (κ1) is 21.4. The molecule has 1 fully saturated rings. The fourth-order valence-electron chi connectivity index (χ4n) is 4.22. The molecule has 31 heavy (non-hydrogen) atoms. The fourth-order valence-corrected chi connectivity index (χ4v) is 4.38. The van der Waals surface area contributed by atoms with Crippen LogP contribution < -0.4 is 16.6 Å². The molecule has 1 aliphatic heterocycles. The summed E-state index contributed by atoms with van der Waals surface area (Å²) in [6.45, 7) is 3.61. The highest BCUT2D eigenvalue weighted by Crippen LogP contribution is 2.21. The summed E-state index contributed by atoms with van der Waals surface area (Å²) in [5.41, 5.74) is 6.41. The number of pyridine rings is 1. The predicted octanol–water partition coefficient (Wildman–Crippen LogP) is 3.45. The van der Waals surface area contributed by atoms with Crippen molar-refractivity contribution in [3.63, 3.8) is 0 Å². The number of nitrogen functional groups attached to an aromatic ring is 1. The Morgan fingerprint density at radius 1 is 1.16 bits per heavy atom. The standard InChI is InChI=1S/C24H27ClN4O2/c25-21-14-20(24(31)28-22(21)26)23(30)27-15-16-8-11-29(12-9-16)13-10-18-6-3-5-17-4-1-2-7-19(17)18/h1-7,14,16H,8-13,15H2,(H,27,30)(H3,26,28,31). The van der Waals surface area contributed by atoms with Crippen molar-refractivity contribution >= 4 is 34.1 Å². The highest BCUT2D eigenvalue weighted by molar-refractivity contribution is 6.33. The molecular formula is C24H27ClN4O2. The van der Waals surface area contributed by atoms with E-state index in [0.717, 1.165) is 38.9 Å². The molecule has 0 aliphatic carbocycles. The van der Waals surface area contributed by atoms with Gasteiger partial charge in [-0.3, -0.25) is 9.59 Å². The molecule has 0 spiro atoms. The van der Waals surface area contributed by atoms with Gasteiger partial charge in [-0.25, -0.2) is 0 Å². The van der Waals surface area contributed by atoms with E-state index in [4.69, 9.17) is 17.3 Å². The zero-order valence-corrected chi connectivity index (χ0v) is 18.1. The van der Waals surface area contributed by atoms with Crippen LogP contribution in [-0.2, 0) is 6.42 Å². The lowest BCUT2D eigenvalue weighted by atomic mass is 9.96. The Labute approximate surface area is 186 Å². The number of benzene rings is 2. The number of carbonyl (C=O) groups is 1. The van der Waals surface area contributed by atoms with Crippen molar-refractivity contribution in [1.29, 1.82) is 0 Å². The summed E-state index contributed by atoms with van der Waals surface area (Å²) in [6, 6.07) is 16.3. The van der Waals surface area contributed by atoms with Crippen molar-refractivity contribution in [2.75, 3.05) is 31.9 Å². The summed E-state index contributed by atoms with van der Waals surface area (Å²) in [5.74, 6) is 0.0571. The number of amides is 1. The molecule has 0 radical (unpaired) electrons. The van der Waals surface area contributed by atoms with Gasteiger partial charge >= 0.3 is 0 Å². The Morgan fingerprint density at radius 3 is 2.71 bits per heavy atom. The van der Waals surface area contributed by atoms with Crippen molar-refractivity contribution in [2.24, 2.45) is 5.92 Å². The van der Waals surface area contributed by atoms with Gasteiger partial charge in [-0.1, -0.05) is 54.1 Å². The van der Waals surface area contributed by atoms with Crippen LogP contribution in [0, 0.1) is 5.92 Å². The molecule has 0 bridgehead atoms. The number of H-pyrrole nitrogens is 1. The maximum atomic E-state index is 12.4. The number of aromatic nitrogens is 1. The first-order valence-electron chi connectivity index (χ1n) is 10.7. The molecule has 4 N–H and O–H groups in total. The van der Waals surface area contributed by atoms with Crippen LogP contribution in [0.2, 0.25) is 5.02 Å². The topological polar surface area (TPSA) is 91.2 Å². The van der Waals surface area contributed by atoms with Gasteiger partial charge in [0.05, 0.1) is 5.02 Å². The molecule has 1 aliphatic rings. The molecule has 6 nitrogen and oxygen atoms in total. The van der Waals surface area contributed by atoms with Gasteiger partial charge in [-0.2, -0.15) is 0 Å². The van der Waals surface area contributed by atoms with Gasteiger partial charge in [0.15, 0.2) is 0 Å². The van der Waals surface area contributed by atoms with Gasteiger partial charge in [0.1, 0.15) is 11.4 Å². The van der Waals surface area contributed by atoms with Gasteiger partial charge in [-0.05, 0) is 60.7 Å². The number of aromatic amines is 1. The Hall–Kier alpha value is -2.83. The smallest absolute Gasteiger partial charge is 0.262 e. The zero-order chi connectivity index (χ0) is 21.8. The van der Waals surface area contributed by atoms with Gasteiger partial charge in [0.2, 0.25) is 0 Å². The van der Waals surface area contributed by atoms with E-state index in [2.05, 4.69) is 57.7 Å². The molecule has 1 saturated heterocycles. The van der Waals surface area contributed by atoms with E-state index in [1.807, 2.05) is 0 Å². The van der Waals surface area contributed by atoms with Crippen LogP contribution in [0.3, 0.4) is 0 Å². The van der Waals surface area contributed by atoms with Gasteiger partial charge < -0.3 is 20.9 Å². The van der Waals surface area contributed by atoms with Crippen LogP contribution in [0.4, 0.5) is 5.82 Å². The number of nitrogens with zero attached hydrogens (tertiary/aromatic N) is 1. The number of halogens is 1. The summed E-state index contributed by atoms with van der Waals surface area (Å²) in [6.07, 6.45) is 3.08. The van der Waals surface area contributed by atoms with Gasteiger partial charge in [0.25, 0.3) is 11.5 Å². The molecule has 2 aromatic carbocycles. The van der Waals surface area contributed by atoms with Crippen LogP contribution in [0.1, 0.15) is 28.8 Å². The molecule has 1 aromatic heterocycles. The SMILES string of the molecule is Nc1[nH]c(=O)c(C(=O)NCC2CCN(CCc3cccc4ccccc34)CC2)cc1Cl. The van der Waals surface area contributed by atoms with E-state index in [-0.39, 0.29) is 16.4 Å². The Bertz CT molecular complexity index is 1130. The Balaban J connectivity index is 1.25. The Kier molecular flexibility index (Phi) is 6.59. The van der Waals surface area contributed by atoms with Crippen LogP contribution in [-0.4, -0.2) is 42.0 Å². The van der Waals surface area contributed by atoms with Gasteiger partial charge in [0, 0.05) is 13.1 Å². The number of likely N-dealkylation sites (tertiary alicyclic amines) is 1. The minimum atomic E-state index is -0.525. The summed E-state index contributed by atoms with van der Waals surface area (Å²) in [5, 5.41) is 5.66. The first-order chi connectivity index (χ1) is 15.0. The summed E-state index contributed by atoms with van der Waals surface area (Å²) in [7, 11) is 0. The number of anilines is 1. The number of carbonyl (C=O) groups excluding carboxylic acids is 1. The largest absolute Gasteiger partial charge is 0.384 e.